The topological polar surface area (TPSA) is 61.0 Å². The molecule has 0 bridgehead atoms. The summed E-state index contributed by atoms with van der Waals surface area (Å²) < 4.78 is 65.8. The number of hydrogen-bond acceptors (Lipinski definition) is 3. The Bertz CT molecular complexity index is 772. The van der Waals surface area contributed by atoms with E-state index in [0.717, 1.165) is 7.05 Å². The SMILES string of the molecule is Cn1nc(-c2cc(F)c([N+](=O)[O-])cc2F)c(Br)c1C(F)(F)F. The molecule has 0 amide bonds. The predicted molar refractivity (Wildman–Crippen MR) is 67.9 cm³/mol. The van der Waals surface area contributed by atoms with Crippen LogP contribution >= 0.6 is 15.9 Å². The van der Waals surface area contributed by atoms with E-state index in [0.29, 0.717) is 16.8 Å². The van der Waals surface area contributed by atoms with Crippen LogP contribution in [0.25, 0.3) is 11.3 Å². The number of alkyl halides is 3. The molecule has 118 valence electrons. The Kier molecular flexibility index (Phi) is 3.94. The van der Waals surface area contributed by atoms with Crippen LogP contribution in [0, 0.1) is 21.7 Å². The Morgan fingerprint density at radius 1 is 1.27 bits per heavy atom. The average molecular weight is 386 g/mol. The predicted octanol–water partition coefficient (Wildman–Crippen LogP) is 4.05. The highest BCUT2D eigenvalue weighted by molar-refractivity contribution is 9.10. The molecule has 0 aliphatic rings. The molecular weight excluding hydrogens is 381 g/mol. The van der Waals surface area contributed by atoms with Gasteiger partial charge < -0.3 is 0 Å². The first kappa shape index (κ1) is 16.3. The van der Waals surface area contributed by atoms with Crippen LogP contribution in [0.1, 0.15) is 5.69 Å². The maximum Gasteiger partial charge on any atom is 0.434 e. The van der Waals surface area contributed by atoms with Crippen LogP contribution < -0.4 is 0 Å². The minimum atomic E-state index is -4.77. The molecule has 11 heteroatoms. The third kappa shape index (κ3) is 2.67. The number of aryl methyl sites for hydroxylation is 1. The number of nitrogens with zero attached hydrogens (tertiary/aromatic N) is 3. The van der Waals surface area contributed by atoms with Gasteiger partial charge in [0.1, 0.15) is 11.5 Å². The molecule has 0 aliphatic heterocycles. The van der Waals surface area contributed by atoms with E-state index in [2.05, 4.69) is 21.0 Å². The summed E-state index contributed by atoms with van der Waals surface area (Å²) in [7, 11) is 0.983. The summed E-state index contributed by atoms with van der Waals surface area (Å²) in [6.45, 7) is 0. The lowest BCUT2D eigenvalue weighted by atomic mass is 10.1. The van der Waals surface area contributed by atoms with E-state index in [1.165, 1.54) is 0 Å². The zero-order chi connectivity index (χ0) is 16.8. The van der Waals surface area contributed by atoms with Crippen molar-refractivity contribution in [2.45, 2.75) is 6.18 Å². The number of nitro groups is 1. The molecule has 2 aromatic rings. The Morgan fingerprint density at radius 3 is 2.32 bits per heavy atom. The number of aromatic nitrogens is 2. The van der Waals surface area contributed by atoms with Crippen LogP contribution in [0.15, 0.2) is 16.6 Å². The molecule has 0 saturated carbocycles. The lowest BCUT2D eigenvalue weighted by Gasteiger charge is -2.06. The number of hydrogen-bond donors (Lipinski definition) is 0. The minimum Gasteiger partial charge on any atom is -0.262 e. The minimum absolute atomic E-state index is 0.291. The van der Waals surface area contributed by atoms with E-state index in [1.807, 2.05) is 0 Å². The van der Waals surface area contributed by atoms with Crippen molar-refractivity contribution in [1.82, 2.24) is 9.78 Å². The van der Waals surface area contributed by atoms with Gasteiger partial charge in [0.25, 0.3) is 0 Å². The Morgan fingerprint density at radius 2 is 1.86 bits per heavy atom. The van der Waals surface area contributed by atoms with Gasteiger partial charge in [0.15, 0.2) is 5.69 Å². The van der Waals surface area contributed by atoms with E-state index in [4.69, 9.17) is 0 Å². The Hall–Kier alpha value is -2.04. The van der Waals surface area contributed by atoms with Crippen LogP contribution in [-0.2, 0) is 13.2 Å². The Balaban J connectivity index is 2.69. The fraction of sp³-hybridized carbons (Fsp3) is 0.182. The molecule has 2 rings (SSSR count). The summed E-state index contributed by atoms with van der Waals surface area (Å²) in [5.74, 6) is -2.65. The van der Waals surface area contributed by atoms with E-state index in [9.17, 15) is 32.1 Å². The molecule has 22 heavy (non-hydrogen) atoms. The third-order valence-corrected chi connectivity index (χ3v) is 3.50. The molecule has 5 nitrogen and oxygen atoms in total. The largest absolute Gasteiger partial charge is 0.434 e. The molecule has 0 unspecified atom stereocenters. The molecule has 1 aromatic heterocycles. The summed E-state index contributed by atoms with van der Waals surface area (Å²) in [6.07, 6.45) is -4.77. The molecule has 1 heterocycles. The molecule has 0 aliphatic carbocycles. The maximum absolute atomic E-state index is 13.9. The molecular formula is C11H5BrF5N3O2. The highest BCUT2D eigenvalue weighted by Crippen LogP contribution is 2.41. The van der Waals surface area contributed by atoms with Gasteiger partial charge in [0, 0.05) is 12.6 Å². The number of rotatable bonds is 2. The normalized spacial score (nSPS) is 11.8. The van der Waals surface area contributed by atoms with Gasteiger partial charge in [-0.2, -0.15) is 22.7 Å². The van der Waals surface area contributed by atoms with Crippen LogP contribution in [-0.4, -0.2) is 14.7 Å². The summed E-state index contributed by atoms with van der Waals surface area (Å²) in [4.78, 5) is 9.36. The standard InChI is InChI=1S/C11H5BrF5N3O2/c1-19-10(11(15,16)17)8(12)9(18-19)4-2-6(14)7(20(21)22)3-5(4)13/h2-3H,1H3. The fourth-order valence-electron chi connectivity index (χ4n) is 1.84. The smallest absolute Gasteiger partial charge is 0.262 e. The molecule has 0 radical (unpaired) electrons. The molecule has 0 N–H and O–H groups in total. The van der Waals surface area contributed by atoms with Crippen molar-refractivity contribution < 1.29 is 26.9 Å². The molecule has 0 atom stereocenters. The fourth-order valence-corrected chi connectivity index (χ4v) is 2.61. The molecule has 1 aromatic carbocycles. The third-order valence-electron chi connectivity index (χ3n) is 2.75. The lowest BCUT2D eigenvalue weighted by molar-refractivity contribution is -0.387. The highest BCUT2D eigenvalue weighted by Gasteiger charge is 2.39. The van der Waals surface area contributed by atoms with E-state index in [1.54, 1.807) is 0 Å². The van der Waals surface area contributed by atoms with Gasteiger partial charge in [-0.15, -0.1) is 0 Å². The second-order valence-electron chi connectivity index (χ2n) is 4.17. The first-order valence-electron chi connectivity index (χ1n) is 5.47. The summed E-state index contributed by atoms with van der Waals surface area (Å²) in [6, 6.07) is 0.722. The second-order valence-corrected chi connectivity index (χ2v) is 4.97. The number of nitro benzene ring substituents is 1. The highest BCUT2D eigenvalue weighted by atomic mass is 79.9. The van der Waals surface area contributed by atoms with Gasteiger partial charge in [-0.3, -0.25) is 14.8 Å². The summed E-state index contributed by atoms with van der Waals surface area (Å²) in [5, 5.41) is 14.0. The number of halogens is 6. The van der Waals surface area contributed by atoms with Gasteiger partial charge in [-0.05, 0) is 22.0 Å². The Labute approximate surface area is 127 Å². The molecule has 0 saturated heterocycles. The van der Waals surface area contributed by atoms with Crippen LogP contribution in [0.5, 0.6) is 0 Å². The zero-order valence-corrected chi connectivity index (χ0v) is 12.2. The quantitative estimate of drug-likeness (QED) is 0.445. The maximum atomic E-state index is 13.9. The van der Waals surface area contributed by atoms with Crippen molar-refractivity contribution in [2.24, 2.45) is 7.05 Å². The van der Waals surface area contributed by atoms with Gasteiger partial charge in [0.2, 0.25) is 5.82 Å². The first-order chi connectivity index (χ1) is 10.0. The van der Waals surface area contributed by atoms with Crippen molar-refractivity contribution in [3.63, 3.8) is 0 Å². The van der Waals surface area contributed by atoms with E-state index in [-0.39, 0.29) is 0 Å². The van der Waals surface area contributed by atoms with Gasteiger partial charge in [0.05, 0.1) is 15.5 Å². The second kappa shape index (κ2) is 5.30. The van der Waals surface area contributed by atoms with Gasteiger partial charge >= 0.3 is 11.9 Å². The van der Waals surface area contributed by atoms with Gasteiger partial charge in [-0.1, -0.05) is 0 Å². The van der Waals surface area contributed by atoms with Crippen LogP contribution in [0.2, 0.25) is 0 Å². The van der Waals surface area contributed by atoms with Crippen molar-refractivity contribution in [3.05, 3.63) is 44.0 Å². The number of benzene rings is 1. The van der Waals surface area contributed by atoms with Gasteiger partial charge in [-0.25, -0.2) is 4.39 Å². The summed E-state index contributed by atoms with van der Waals surface area (Å²) >= 11 is 2.65. The first-order valence-corrected chi connectivity index (χ1v) is 6.26. The average Bonchev–Trinajstić information content (AvgIpc) is 2.66. The molecule has 0 fully saturated rings. The summed E-state index contributed by atoms with van der Waals surface area (Å²) in [5.41, 5.74) is -3.45. The lowest BCUT2D eigenvalue weighted by Crippen LogP contribution is -2.12. The monoisotopic (exact) mass is 385 g/mol. The van der Waals surface area contributed by atoms with E-state index < -0.39 is 49.8 Å². The van der Waals surface area contributed by atoms with Crippen molar-refractivity contribution in [3.8, 4) is 11.3 Å². The van der Waals surface area contributed by atoms with Crippen molar-refractivity contribution in [2.75, 3.05) is 0 Å². The van der Waals surface area contributed by atoms with E-state index >= 15 is 0 Å². The van der Waals surface area contributed by atoms with Crippen LogP contribution in [0.3, 0.4) is 0 Å². The van der Waals surface area contributed by atoms with Crippen molar-refractivity contribution in [1.29, 1.82) is 0 Å². The van der Waals surface area contributed by atoms with Crippen LogP contribution in [0.4, 0.5) is 27.6 Å². The van der Waals surface area contributed by atoms with Crippen molar-refractivity contribution >= 4 is 21.6 Å². The zero-order valence-electron chi connectivity index (χ0n) is 10.6. The molecule has 0 spiro atoms.